The fraction of sp³-hybridized carbons (Fsp3) is 0.667. The van der Waals surface area contributed by atoms with Crippen LogP contribution in [0.5, 0.6) is 0 Å². The van der Waals surface area contributed by atoms with Crippen LogP contribution in [0.15, 0.2) is 6.07 Å². The summed E-state index contributed by atoms with van der Waals surface area (Å²) in [6, 6.07) is 2.16. The highest BCUT2D eigenvalue weighted by molar-refractivity contribution is 5.92. The number of nitrogens with zero attached hydrogens (tertiary/aromatic N) is 1. The Morgan fingerprint density at radius 1 is 1.65 bits per heavy atom. The van der Waals surface area contributed by atoms with Gasteiger partial charge in [0, 0.05) is 17.8 Å². The van der Waals surface area contributed by atoms with Crippen molar-refractivity contribution >= 4 is 11.7 Å². The van der Waals surface area contributed by atoms with E-state index in [2.05, 4.69) is 27.8 Å². The number of aromatic nitrogens is 2. The van der Waals surface area contributed by atoms with E-state index in [-0.39, 0.29) is 17.9 Å². The molecule has 2 rings (SSSR count). The minimum Gasteiger partial charge on any atom is -0.313 e. The van der Waals surface area contributed by atoms with Gasteiger partial charge in [-0.2, -0.15) is 5.10 Å². The Morgan fingerprint density at radius 2 is 2.47 bits per heavy atom. The Kier molecular flexibility index (Phi) is 3.78. The third-order valence-electron chi connectivity index (χ3n) is 3.26. The van der Waals surface area contributed by atoms with E-state index in [9.17, 15) is 4.79 Å². The van der Waals surface area contributed by atoms with Gasteiger partial charge in [0.05, 0.1) is 5.92 Å². The van der Waals surface area contributed by atoms with Gasteiger partial charge in [-0.25, -0.2) is 0 Å². The van der Waals surface area contributed by atoms with Crippen LogP contribution >= 0.6 is 0 Å². The lowest BCUT2D eigenvalue weighted by Gasteiger charge is -2.13. The van der Waals surface area contributed by atoms with Gasteiger partial charge in [-0.15, -0.1) is 0 Å². The normalized spacial score (nSPS) is 23.9. The van der Waals surface area contributed by atoms with Crippen LogP contribution in [0.4, 0.5) is 5.82 Å². The summed E-state index contributed by atoms with van der Waals surface area (Å²) in [6.45, 7) is 5.08. The summed E-state index contributed by atoms with van der Waals surface area (Å²) in [4.78, 5) is 12.0. The highest BCUT2D eigenvalue weighted by Crippen LogP contribution is 2.17. The number of anilines is 1. The molecule has 1 saturated heterocycles. The molecule has 0 spiro atoms. The van der Waals surface area contributed by atoms with Gasteiger partial charge in [-0.1, -0.05) is 13.3 Å². The van der Waals surface area contributed by atoms with Crippen molar-refractivity contribution in [2.45, 2.75) is 39.2 Å². The second-order valence-electron chi connectivity index (χ2n) is 4.66. The standard InChI is InChI=1S/C12H20N4O/c1-3-4-9-7-11(16-15-9)14-12(17)10-5-6-13-8(10)2/h7-8,10,13H,3-6H2,1-2H3,(H2,14,15,16,17). The van der Waals surface area contributed by atoms with Crippen LogP contribution < -0.4 is 10.6 Å². The molecule has 1 aromatic rings. The average molecular weight is 236 g/mol. The molecular weight excluding hydrogens is 216 g/mol. The molecule has 5 nitrogen and oxygen atoms in total. The summed E-state index contributed by atoms with van der Waals surface area (Å²) >= 11 is 0. The van der Waals surface area contributed by atoms with Gasteiger partial charge in [0.2, 0.25) is 5.91 Å². The lowest BCUT2D eigenvalue weighted by molar-refractivity contribution is -0.120. The molecule has 2 atom stereocenters. The molecule has 1 fully saturated rings. The molecule has 0 bridgehead atoms. The average Bonchev–Trinajstić information content (AvgIpc) is 2.88. The lowest BCUT2D eigenvalue weighted by atomic mass is 10.0. The van der Waals surface area contributed by atoms with E-state index in [4.69, 9.17) is 0 Å². The van der Waals surface area contributed by atoms with Crippen LogP contribution in [0, 0.1) is 5.92 Å². The molecule has 1 aliphatic rings. The number of hydrogen-bond donors (Lipinski definition) is 3. The molecule has 2 heterocycles. The van der Waals surface area contributed by atoms with E-state index in [1.165, 1.54) is 0 Å². The minimum atomic E-state index is 0.0568. The van der Waals surface area contributed by atoms with Crippen molar-refractivity contribution in [2.75, 3.05) is 11.9 Å². The molecule has 2 unspecified atom stereocenters. The number of amides is 1. The molecular formula is C12H20N4O. The summed E-state index contributed by atoms with van der Waals surface area (Å²) < 4.78 is 0. The Morgan fingerprint density at radius 3 is 3.12 bits per heavy atom. The SMILES string of the molecule is CCCc1cc(NC(=O)C2CCNC2C)n[nH]1. The van der Waals surface area contributed by atoms with Crippen molar-refractivity contribution in [2.24, 2.45) is 5.92 Å². The van der Waals surface area contributed by atoms with Crippen molar-refractivity contribution in [3.63, 3.8) is 0 Å². The Labute approximate surface area is 101 Å². The third kappa shape index (κ3) is 2.85. The van der Waals surface area contributed by atoms with Gasteiger partial charge in [0.15, 0.2) is 5.82 Å². The molecule has 1 aromatic heterocycles. The maximum Gasteiger partial charge on any atom is 0.230 e. The Balaban J connectivity index is 1.93. The van der Waals surface area contributed by atoms with Gasteiger partial charge in [-0.05, 0) is 26.3 Å². The number of hydrogen-bond acceptors (Lipinski definition) is 3. The van der Waals surface area contributed by atoms with E-state index >= 15 is 0 Å². The number of aryl methyl sites for hydroxylation is 1. The first kappa shape index (κ1) is 12.1. The monoisotopic (exact) mass is 236 g/mol. The largest absolute Gasteiger partial charge is 0.313 e. The van der Waals surface area contributed by atoms with E-state index in [1.54, 1.807) is 0 Å². The number of nitrogens with one attached hydrogen (secondary N) is 3. The van der Waals surface area contributed by atoms with Crippen LogP contribution in [0.25, 0.3) is 0 Å². The van der Waals surface area contributed by atoms with Crippen molar-refractivity contribution in [3.05, 3.63) is 11.8 Å². The second kappa shape index (κ2) is 5.31. The second-order valence-corrected chi connectivity index (χ2v) is 4.66. The van der Waals surface area contributed by atoms with Crippen LogP contribution in [-0.4, -0.2) is 28.7 Å². The van der Waals surface area contributed by atoms with Crippen molar-refractivity contribution in [1.82, 2.24) is 15.5 Å². The number of rotatable bonds is 4. The van der Waals surface area contributed by atoms with Crippen molar-refractivity contribution in [1.29, 1.82) is 0 Å². The molecule has 1 aliphatic heterocycles. The zero-order valence-corrected chi connectivity index (χ0v) is 10.4. The third-order valence-corrected chi connectivity index (χ3v) is 3.26. The van der Waals surface area contributed by atoms with Crippen LogP contribution in [0.3, 0.4) is 0 Å². The molecule has 1 amide bonds. The summed E-state index contributed by atoms with van der Waals surface area (Å²) in [5, 5.41) is 13.2. The topological polar surface area (TPSA) is 69.8 Å². The van der Waals surface area contributed by atoms with Crippen LogP contribution in [0.1, 0.15) is 32.4 Å². The molecule has 17 heavy (non-hydrogen) atoms. The molecule has 0 aromatic carbocycles. The maximum absolute atomic E-state index is 12.0. The van der Waals surface area contributed by atoms with Gasteiger partial charge in [0.25, 0.3) is 0 Å². The predicted octanol–water partition coefficient (Wildman–Crippen LogP) is 1.30. The number of carbonyl (C=O) groups excluding carboxylic acids is 1. The smallest absolute Gasteiger partial charge is 0.230 e. The van der Waals surface area contributed by atoms with Crippen LogP contribution in [-0.2, 0) is 11.2 Å². The molecule has 0 aliphatic carbocycles. The Bertz CT molecular complexity index is 388. The van der Waals surface area contributed by atoms with Gasteiger partial charge in [0.1, 0.15) is 0 Å². The van der Waals surface area contributed by atoms with E-state index < -0.39 is 0 Å². The van der Waals surface area contributed by atoms with Crippen LogP contribution in [0.2, 0.25) is 0 Å². The van der Waals surface area contributed by atoms with Crippen molar-refractivity contribution in [3.8, 4) is 0 Å². The van der Waals surface area contributed by atoms with E-state index in [1.807, 2.05) is 13.0 Å². The quantitative estimate of drug-likeness (QED) is 0.738. The minimum absolute atomic E-state index is 0.0568. The molecule has 5 heteroatoms. The first-order valence-corrected chi connectivity index (χ1v) is 6.29. The number of aromatic amines is 1. The zero-order valence-electron chi connectivity index (χ0n) is 10.4. The van der Waals surface area contributed by atoms with Crippen molar-refractivity contribution < 1.29 is 4.79 Å². The number of carbonyl (C=O) groups is 1. The molecule has 0 saturated carbocycles. The van der Waals surface area contributed by atoms with Gasteiger partial charge >= 0.3 is 0 Å². The fourth-order valence-electron chi connectivity index (χ4n) is 2.26. The van der Waals surface area contributed by atoms with E-state index in [0.29, 0.717) is 5.82 Å². The molecule has 3 N–H and O–H groups in total. The highest BCUT2D eigenvalue weighted by atomic mass is 16.2. The number of H-pyrrole nitrogens is 1. The first-order chi connectivity index (χ1) is 8.20. The summed E-state index contributed by atoms with van der Waals surface area (Å²) in [5.74, 6) is 0.760. The fourth-order valence-corrected chi connectivity index (χ4v) is 2.26. The maximum atomic E-state index is 12.0. The van der Waals surface area contributed by atoms with Gasteiger partial charge in [-0.3, -0.25) is 9.89 Å². The summed E-state index contributed by atoms with van der Waals surface area (Å²) in [7, 11) is 0. The molecule has 94 valence electrons. The zero-order chi connectivity index (χ0) is 12.3. The predicted molar refractivity (Wildman–Crippen MR) is 66.8 cm³/mol. The first-order valence-electron chi connectivity index (χ1n) is 6.29. The lowest BCUT2D eigenvalue weighted by Crippen LogP contribution is -2.32. The summed E-state index contributed by atoms with van der Waals surface area (Å²) in [5.41, 5.74) is 1.07. The van der Waals surface area contributed by atoms with Gasteiger partial charge < -0.3 is 10.6 Å². The summed E-state index contributed by atoms with van der Waals surface area (Å²) in [6.07, 6.45) is 2.93. The molecule has 0 radical (unpaired) electrons. The highest BCUT2D eigenvalue weighted by Gasteiger charge is 2.29. The van der Waals surface area contributed by atoms with E-state index in [0.717, 1.165) is 31.5 Å². The Hall–Kier alpha value is -1.36.